The summed E-state index contributed by atoms with van der Waals surface area (Å²) in [7, 11) is -4.33. The number of benzene rings is 1. The van der Waals surface area contributed by atoms with Crippen LogP contribution in [0.4, 0.5) is 13.2 Å². The van der Waals surface area contributed by atoms with E-state index in [9.17, 15) is 26.4 Å². The Labute approximate surface area is 113 Å². The SMILES string of the molecule is Cc1ccc(S(=O)(=O)N[C@H](C)C(=O)O)cc1C(F)(F)F. The van der Waals surface area contributed by atoms with Crippen molar-refractivity contribution in [2.75, 3.05) is 0 Å². The standard InChI is InChI=1S/C11H12F3NO4S/c1-6-3-4-8(5-9(6)11(12,13)14)20(18,19)15-7(2)10(16)17/h3-5,7,15H,1-2H3,(H,16,17)/t7-/m1/s1. The van der Waals surface area contributed by atoms with Crippen LogP contribution in [0.2, 0.25) is 0 Å². The highest BCUT2D eigenvalue weighted by Gasteiger charge is 2.34. The molecule has 112 valence electrons. The third-order valence-electron chi connectivity index (χ3n) is 2.53. The number of alkyl halides is 3. The number of carbonyl (C=O) groups is 1. The van der Waals surface area contributed by atoms with Crippen molar-refractivity contribution < 1.29 is 31.5 Å². The normalized spacial score (nSPS) is 14.1. The Morgan fingerprint density at radius 1 is 1.35 bits per heavy atom. The minimum atomic E-state index is -4.69. The number of aliphatic carboxylic acids is 1. The van der Waals surface area contributed by atoms with E-state index in [1.165, 1.54) is 6.92 Å². The van der Waals surface area contributed by atoms with E-state index in [4.69, 9.17) is 5.11 Å². The molecule has 0 aliphatic heterocycles. The van der Waals surface area contributed by atoms with Crippen LogP contribution in [0.15, 0.2) is 23.1 Å². The first-order valence-electron chi connectivity index (χ1n) is 5.38. The number of halogens is 3. The van der Waals surface area contributed by atoms with Crippen LogP contribution in [0.25, 0.3) is 0 Å². The summed E-state index contributed by atoms with van der Waals surface area (Å²) >= 11 is 0. The number of rotatable bonds is 4. The fourth-order valence-corrected chi connectivity index (χ4v) is 2.65. The highest BCUT2D eigenvalue weighted by atomic mass is 32.2. The number of aryl methyl sites for hydroxylation is 1. The molecule has 0 unspecified atom stereocenters. The summed E-state index contributed by atoms with van der Waals surface area (Å²) in [5.74, 6) is -1.43. The molecule has 0 saturated heterocycles. The zero-order chi connectivity index (χ0) is 15.7. The molecule has 1 aromatic rings. The van der Waals surface area contributed by atoms with Gasteiger partial charge in [-0.3, -0.25) is 4.79 Å². The lowest BCUT2D eigenvalue weighted by Gasteiger charge is -2.14. The lowest BCUT2D eigenvalue weighted by molar-refractivity contribution is -0.139. The zero-order valence-electron chi connectivity index (χ0n) is 10.5. The Morgan fingerprint density at radius 3 is 2.35 bits per heavy atom. The molecule has 0 aliphatic carbocycles. The molecule has 1 atom stereocenters. The summed E-state index contributed by atoms with van der Waals surface area (Å²) in [5.41, 5.74) is -1.20. The van der Waals surface area contributed by atoms with E-state index in [-0.39, 0.29) is 5.56 Å². The van der Waals surface area contributed by atoms with Gasteiger partial charge in [-0.05, 0) is 31.5 Å². The minimum absolute atomic E-state index is 0.122. The number of carboxylic acids is 1. The summed E-state index contributed by atoms with van der Waals surface area (Å²) < 4.78 is 63.5. The maximum absolute atomic E-state index is 12.7. The number of sulfonamides is 1. The van der Waals surface area contributed by atoms with E-state index in [1.807, 2.05) is 0 Å². The van der Waals surface area contributed by atoms with Gasteiger partial charge in [-0.1, -0.05) is 6.07 Å². The number of hydrogen-bond acceptors (Lipinski definition) is 3. The molecule has 1 rings (SSSR count). The molecular formula is C11H12F3NO4S. The Kier molecular flexibility index (Phi) is 4.45. The quantitative estimate of drug-likeness (QED) is 0.887. The van der Waals surface area contributed by atoms with Crippen LogP contribution in [-0.2, 0) is 21.0 Å². The van der Waals surface area contributed by atoms with E-state index in [1.54, 1.807) is 4.72 Å². The van der Waals surface area contributed by atoms with Crippen LogP contribution >= 0.6 is 0 Å². The van der Waals surface area contributed by atoms with Crippen LogP contribution in [0.1, 0.15) is 18.1 Å². The molecule has 0 heterocycles. The summed E-state index contributed by atoms with van der Waals surface area (Å²) in [6.45, 7) is 2.27. The Balaban J connectivity index is 3.24. The van der Waals surface area contributed by atoms with E-state index in [2.05, 4.69) is 0 Å². The second-order valence-electron chi connectivity index (χ2n) is 4.16. The number of carboxylic acid groups (broad SMARTS) is 1. The first-order chi connectivity index (χ1) is 8.95. The van der Waals surface area contributed by atoms with Crippen molar-refractivity contribution in [1.82, 2.24) is 4.72 Å². The average Bonchev–Trinajstić information content (AvgIpc) is 2.26. The molecule has 1 aromatic carbocycles. The minimum Gasteiger partial charge on any atom is -0.480 e. The Bertz CT molecular complexity index is 625. The molecule has 5 nitrogen and oxygen atoms in total. The molecule has 9 heteroatoms. The second kappa shape index (κ2) is 5.41. The van der Waals surface area contributed by atoms with Gasteiger partial charge in [0.25, 0.3) is 0 Å². The highest BCUT2D eigenvalue weighted by Crippen LogP contribution is 2.33. The van der Waals surface area contributed by atoms with E-state index < -0.39 is 38.7 Å². The lowest BCUT2D eigenvalue weighted by atomic mass is 10.1. The van der Waals surface area contributed by atoms with Gasteiger partial charge in [0, 0.05) is 0 Å². The predicted molar refractivity (Wildman–Crippen MR) is 63.6 cm³/mol. The lowest BCUT2D eigenvalue weighted by Crippen LogP contribution is -2.38. The van der Waals surface area contributed by atoms with Crippen molar-refractivity contribution in [2.45, 2.75) is 31.0 Å². The van der Waals surface area contributed by atoms with Gasteiger partial charge in [0.2, 0.25) is 10.0 Å². The van der Waals surface area contributed by atoms with E-state index in [0.29, 0.717) is 6.07 Å². The summed E-state index contributed by atoms with van der Waals surface area (Å²) in [6, 6.07) is 1.03. The average molecular weight is 311 g/mol. The van der Waals surface area contributed by atoms with Gasteiger partial charge in [-0.25, -0.2) is 8.42 Å². The summed E-state index contributed by atoms with van der Waals surface area (Å²) in [6.07, 6.45) is -4.69. The highest BCUT2D eigenvalue weighted by molar-refractivity contribution is 7.89. The van der Waals surface area contributed by atoms with Crippen molar-refractivity contribution in [3.63, 3.8) is 0 Å². The molecule has 20 heavy (non-hydrogen) atoms. The molecule has 0 bridgehead atoms. The number of nitrogens with one attached hydrogen (secondary N) is 1. The van der Waals surface area contributed by atoms with Crippen molar-refractivity contribution in [2.24, 2.45) is 0 Å². The largest absolute Gasteiger partial charge is 0.480 e. The molecule has 0 spiro atoms. The zero-order valence-corrected chi connectivity index (χ0v) is 11.3. The second-order valence-corrected chi connectivity index (χ2v) is 5.87. The van der Waals surface area contributed by atoms with Gasteiger partial charge in [-0.2, -0.15) is 17.9 Å². The van der Waals surface area contributed by atoms with Crippen molar-refractivity contribution in [3.8, 4) is 0 Å². The maximum Gasteiger partial charge on any atom is 0.416 e. The van der Waals surface area contributed by atoms with Gasteiger partial charge in [0.15, 0.2) is 0 Å². The molecule has 0 fully saturated rings. The van der Waals surface area contributed by atoms with Crippen LogP contribution in [0.3, 0.4) is 0 Å². The monoisotopic (exact) mass is 311 g/mol. The molecule has 0 radical (unpaired) electrons. The molecule has 0 amide bonds. The van der Waals surface area contributed by atoms with Gasteiger partial charge in [-0.15, -0.1) is 0 Å². The van der Waals surface area contributed by atoms with Crippen molar-refractivity contribution in [3.05, 3.63) is 29.3 Å². The third-order valence-corrected chi connectivity index (χ3v) is 4.07. The van der Waals surface area contributed by atoms with Crippen LogP contribution in [-0.4, -0.2) is 25.5 Å². The van der Waals surface area contributed by atoms with Crippen molar-refractivity contribution in [1.29, 1.82) is 0 Å². The first-order valence-corrected chi connectivity index (χ1v) is 6.86. The first kappa shape index (κ1) is 16.4. The smallest absolute Gasteiger partial charge is 0.416 e. The van der Waals surface area contributed by atoms with Gasteiger partial charge >= 0.3 is 12.1 Å². The molecule has 0 saturated carbocycles. The van der Waals surface area contributed by atoms with Gasteiger partial charge in [0.05, 0.1) is 10.5 Å². The molecular weight excluding hydrogens is 299 g/mol. The molecule has 2 N–H and O–H groups in total. The maximum atomic E-state index is 12.7. The van der Waals surface area contributed by atoms with Gasteiger partial charge < -0.3 is 5.11 Å². The van der Waals surface area contributed by atoms with Crippen LogP contribution in [0.5, 0.6) is 0 Å². The van der Waals surface area contributed by atoms with Crippen LogP contribution in [0, 0.1) is 6.92 Å². The summed E-state index contributed by atoms with van der Waals surface area (Å²) in [5, 5.41) is 8.61. The third kappa shape index (κ3) is 3.70. The topological polar surface area (TPSA) is 83.5 Å². The summed E-state index contributed by atoms with van der Waals surface area (Å²) in [4.78, 5) is 9.95. The molecule has 0 aromatic heterocycles. The van der Waals surface area contributed by atoms with E-state index >= 15 is 0 Å². The fourth-order valence-electron chi connectivity index (χ4n) is 1.42. The van der Waals surface area contributed by atoms with Crippen molar-refractivity contribution >= 4 is 16.0 Å². The number of hydrogen-bond donors (Lipinski definition) is 2. The Hall–Kier alpha value is -1.61. The van der Waals surface area contributed by atoms with Crippen LogP contribution < -0.4 is 4.72 Å². The fraction of sp³-hybridized carbons (Fsp3) is 0.364. The predicted octanol–water partition coefficient (Wildman–Crippen LogP) is 1.77. The Morgan fingerprint density at radius 2 is 1.90 bits per heavy atom. The van der Waals surface area contributed by atoms with Gasteiger partial charge in [0.1, 0.15) is 6.04 Å². The molecule has 0 aliphatic rings. The van der Waals surface area contributed by atoms with E-state index in [0.717, 1.165) is 19.1 Å².